The maximum atomic E-state index is 12.8. The highest BCUT2D eigenvalue weighted by Gasteiger charge is 2.31. The van der Waals surface area contributed by atoms with E-state index in [-0.39, 0.29) is 24.5 Å². The van der Waals surface area contributed by atoms with Gasteiger partial charge in [0.15, 0.2) is 0 Å². The summed E-state index contributed by atoms with van der Waals surface area (Å²) < 4.78 is 37.8. The lowest BCUT2D eigenvalue weighted by molar-refractivity contribution is -0.137. The Morgan fingerprint density at radius 1 is 1.16 bits per heavy atom. The van der Waals surface area contributed by atoms with E-state index in [9.17, 15) is 22.8 Å². The molecular weight excluding hydrogens is 443 g/mol. The van der Waals surface area contributed by atoms with Crippen molar-refractivity contribution in [2.75, 3.05) is 19.6 Å². The van der Waals surface area contributed by atoms with Gasteiger partial charge in [0.25, 0.3) is 0 Å². The van der Waals surface area contributed by atoms with Crippen LogP contribution in [0.3, 0.4) is 0 Å². The number of rotatable bonds is 5. The standard InChI is InChI=1S/C23H23ClF3N3O2/c1-15-14-30(20(12-28-15)17-5-9-19(24)10-6-17)22(32)13-29-21(31)11-4-16-2-7-18(8-3-16)23(25,26)27/h2-11,15,20,28H,12-14H2,1H3,(H,29,31)/b11-4+/t15-,20-/m1/s1. The molecule has 0 aliphatic carbocycles. The number of carbonyl (C=O) groups is 2. The van der Waals surface area contributed by atoms with Crippen LogP contribution in [0.4, 0.5) is 13.2 Å². The first-order chi connectivity index (χ1) is 15.1. The summed E-state index contributed by atoms with van der Waals surface area (Å²) in [6, 6.07) is 11.7. The van der Waals surface area contributed by atoms with Gasteiger partial charge in [-0.1, -0.05) is 35.9 Å². The second-order valence-electron chi connectivity index (χ2n) is 7.59. The molecule has 1 aliphatic rings. The quantitative estimate of drug-likeness (QED) is 0.655. The summed E-state index contributed by atoms with van der Waals surface area (Å²) in [5, 5.41) is 6.50. The molecular formula is C23H23ClF3N3O2. The van der Waals surface area contributed by atoms with Gasteiger partial charge >= 0.3 is 6.18 Å². The van der Waals surface area contributed by atoms with Gasteiger partial charge in [-0.3, -0.25) is 9.59 Å². The number of carbonyl (C=O) groups excluding carboxylic acids is 2. The van der Waals surface area contributed by atoms with Crippen molar-refractivity contribution in [3.63, 3.8) is 0 Å². The molecule has 0 spiro atoms. The lowest BCUT2D eigenvalue weighted by atomic mass is 10.0. The SMILES string of the molecule is C[C@@H]1CN(C(=O)CNC(=O)/C=C/c2ccc(C(F)(F)F)cc2)[C@@H](c2ccc(Cl)cc2)CN1. The summed E-state index contributed by atoms with van der Waals surface area (Å²) in [5.41, 5.74) is 0.624. The number of nitrogens with one attached hydrogen (secondary N) is 2. The topological polar surface area (TPSA) is 61.4 Å². The van der Waals surface area contributed by atoms with Gasteiger partial charge < -0.3 is 15.5 Å². The van der Waals surface area contributed by atoms with E-state index in [1.165, 1.54) is 24.3 Å². The molecule has 2 aromatic rings. The molecule has 3 rings (SSSR count). The van der Waals surface area contributed by atoms with Crippen LogP contribution in [0.1, 0.15) is 29.7 Å². The third kappa shape index (κ3) is 6.34. The molecule has 0 aromatic heterocycles. The highest BCUT2D eigenvalue weighted by atomic mass is 35.5. The van der Waals surface area contributed by atoms with Gasteiger partial charge in [-0.25, -0.2) is 0 Å². The lowest BCUT2D eigenvalue weighted by Crippen LogP contribution is -2.55. The predicted octanol–water partition coefficient (Wildman–Crippen LogP) is 4.05. The molecule has 0 bridgehead atoms. The maximum Gasteiger partial charge on any atom is 0.416 e. The van der Waals surface area contributed by atoms with E-state index in [4.69, 9.17) is 11.6 Å². The van der Waals surface area contributed by atoms with Crippen LogP contribution in [0, 0.1) is 0 Å². The van der Waals surface area contributed by atoms with Crippen molar-refractivity contribution in [1.82, 2.24) is 15.5 Å². The number of hydrogen-bond donors (Lipinski definition) is 2. The van der Waals surface area contributed by atoms with Gasteiger partial charge in [-0.05, 0) is 48.4 Å². The molecule has 2 N–H and O–H groups in total. The molecule has 2 aromatic carbocycles. The molecule has 2 amide bonds. The maximum absolute atomic E-state index is 12.8. The minimum Gasteiger partial charge on any atom is -0.343 e. The first kappa shape index (κ1) is 23.8. The van der Waals surface area contributed by atoms with Gasteiger partial charge in [-0.2, -0.15) is 13.2 Å². The van der Waals surface area contributed by atoms with E-state index in [1.54, 1.807) is 17.0 Å². The third-order valence-corrected chi connectivity index (χ3v) is 5.41. The Morgan fingerprint density at radius 2 is 1.81 bits per heavy atom. The van der Waals surface area contributed by atoms with Crippen LogP contribution in [0.25, 0.3) is 6.08 Å². The van der Waals surface area contributed by atoms with Crippen molar-refractivity contribution in [3.05, 3.63) is 76.3 Å². The van der Waals surface area contributed by atoms with E-state index in [0.717, 1.165) is 17.7 Å². The van der Waals surface area contributed by atoms with Crippen LogP contribution in [-0.4, -0.2) is 42.4 Å². The van der Waals surface area contributed by atoms with Crippen LogP contribution >= 0.6 is 11.6 Å². The van der Waals surface area contributed by atoms with Crippen LogP contribution in [-0.2, 0) is 15.8 Å². The Balaban J connectivity index is 1.58. The van der Waals surface area contributed by atoms with Gasteiger partial charge in [0.05, 0.1) is 18.2 Å². The molecule has 9 heteroatoms. The summed E-state index contributed by atoms with van der Waals surface area (Å²) in [6.07, 6.45) is -1.83. The summed E-state index contributed by atoms with van der Waals surface area (Å²) in [6.45, 7) is 2.86. The van der Waals surface area contributed by atoms with Gasteiger partial charge in [0.2, 0.25) is 11.8 Å². The summed E-state index contributed by atoms with van der Waals surface area (Å²) in [5.74, 6) is -0.737. The number of alkyl halides is 3. The number of amides is 2. The van der Waals surface area contributed by atoms with Crippen molar-refractivity contribution < 1.29 is 22.8 Å². The normalized spacial score (nSPS) is 19.2. The third-order valence-electron chi connectivity index (χ3n) is 5.16. The molecule has 32 heavy (non-hydrogen) atoms. The molecule has 1 saturated heterocycles. The molecule has 1 heterocycles. The Morgan fingerprint density at radius 3 is 2.44 bits per heavy atom. The molecule has 1 aliphatic heterocycles. The molecule has 2 atom stereocenters. The molecule has 5 nitrogen and oxygen atoms in total. The van der Waals surface area contributed by atoms with Crippen molar-refractivity contribution in [1.29, 1.82) is 0 Å². The fourth-order valence-corrected chi connectivity index (χ4v) is 3.57. The van der Waals surface area contributed by atoms with Crippen LogP contribution in [0.15, 0.2) is 54.6 Å². The number of benzene rings is 2. The van der Waals surface area contributed by atoms with E-state index in [1.807, 2.05) is 19.1 Å². The van der Waals surface area contributed by atoms with E-state index in [0.29, 0.717) is 23.7 Å². The van der Waals surface area contributed by atoms with Crippen molar-refractivity contribution in [3.8, 4) is 0 Å². The first-order valence-corrected chi connectivity index (χ1v) is 10.4. The molecule has 170 valence electrons. The zero-order valence-electron chi connectivity index (χ0n) is 17.3. The molecule has 1 fully saturated rings. The Labute approximate surface area is 189 Å². The van der Waals surface area contributed by atoms with E-state index >= 15 is 0 Å². The number of nitrogens with zero attached hydrogens (tertiary/aromatic N) is 1. The molecule has 0 radical (unpaired) electrons. The van der Waals surface area contributed by atoms with Crippen LogP contribution < -0.4 is 10.6 Å². The highest BCUT2D eigenvalue weighted by molar-refractivity contribution is 6.30. The van der Waals surface area contributed by atoms with Gasteiger partial charge in [0, 0.05) is 30.2 Å². The minimum absolute atomic E-state index is 0.109. The van der Waals surface area contributed by atoms with Crippen LogP contribution in [0.5, 0.6) is 0 Å². The molecule has 0 unspecified atom stereocenters. The monoisotopic (exact) mass is 465 g/mol. The largest absolute Gasteiger partial charge is 0.416 e. The predicted molar refractivity (Wildman–Crippen MR) is 117 cm³/mol. The van der Waals surface area contributed by atoms with Crippen LogP contribution in [0.2, 0.25) is 5.02 Å². The molecule has 0 saturated carbocycles. The van der Waals surface area contributed by atoms with E-state index in [2.05, 4.69) is 10.6 Å². The Hall–Kier alpha value is -2.84. The average molecular weight is 466 g/mol. The van der Waals surface area contributed by atoms with Gasteiger partial charge in [0.1, 0.15) is 0 Å². The minimum atomic E-state index is -4.41. The summed E-state index contributed by atoms with van der Waals surface area (Å²) in [4.78, 5) is 26.7. The average Bonchev–Trinajstić information content (AvgIpc) is 2.76. The van der Waals surface area contributed by atoms with Crippen molar-refractivity contribution >= 4 is 29.5 Å². The zero-order valence-corrected chi connectivity index (χ0v) is 18.1. The van der Waals surface area contributed by atoms with Crippen molar-refractivity contribution in [2.24, 2.45) is 0 Å². The number of halogens is 4. The Kier molecular flexibility index (Phi) is 7.58. The van der Waals surface area contributed by atoms with E-state index < -0.39 is 17.6 Å². The first-order valence-electron chi connectivity index (χ1n) is 10.0. The summed E-state index contributed by atoms with van der Waals surface area (Å²) in [7, 11) is 0. The smallest absolute Gasteiger partial charge is 0.343 e. The second-order valence-corrected chi connectivity index (χ2v) is 8.03. The second kappa shape index (κ2) is 10.2. The highest BCUT2D eigenvalue weighted by Crippen LogP contribution is 2.29. The number of piperazine rings is 1. The fraction of sp³-hybridized carbons (Fsp3) is 0.304. The lowest BCUT2D eigenvalue weighted by Gasteiger charge is -2.39. The van der Waals surface area contributed by atoms with Crippen molar-refractivity contribution in [2.45, 2.75) is 25.2 Å². The summed E-state index contributed by atoms with van der Waals surface area (Å²) >= 11 is 5.96. The zero-order chi connectivity index (χ0) is 23.3. The Bertz CT molecular complexity index is 975. The number of hydrogen-bond acceptors (Lipinski definition) is 3. The van der Waals surface area contributed by atoms with Gasteiger partial charge in [-0.15, -0.1) is 0 Å². The fourth-order valence-electron chi connectivity index (χ4n) is 3.45.